The van der Waals surface area contributed by atoms with Crippen LogP contribution in [0, 0.1) is 5.92 Å². The first-order valence-corrected chi connectivity index (χ1v) is 10.9. The largest absolute Gasteiger partial charge is 0.352 e. The number of carbonyl (C=O) groups excluding carboxylic acids is 1. The van der Waals surface area contributed by atoms with Crippen LogP contribution in [0.2, 0.25) is 0 Å². The highest BCUT2D eigenvalue weighted by Gasteiger charge is 2.29. The first-order chi connectivity index (χ1) is 11.9. The molecule has 1 aliphatic rings. The van der Waals surface area contributed by atoms with Gasteiger partial charge in [-0.25, -0.2) is 0 Å². The number of hydrogen-bond acceptors (Lipinski definition) is 4. The summed E-state index contributed by atoms with van der Waals surface area (Å²) in [5.74, 6) is 1.17. The molecule has 0 spiro atoms. The van der Waals surface area contributed by atoms with Crippen molar-refractivity contribution in [2.45, 2.75) is 24.7 Å². The third-order valence-electron chi connectivity index (χ3n) is 4.34. The van der Waals surface area contributed by atoms with Crippen molar-refractivity contribution in [3.05, 3.63) is 29.8 Å². The Morgan fingerprint density at radius 3 is 2.52 bits per heavy atom. The monoisotopic (exact) mass is 385 g/mol. The van der Waals surface area contributed by atoms with Crippen molar-refractivity contribution in [1.29, 1.82) is 0 Å². The summed E-state index contributed by atoms with van der Waals surface area (Å²) >= 11 is 1.66. The van der Waals surface area contributed by atoms with Crippen LogP contribution in [0.1, 0.15) is 30.1 Å². The number of amides is 1. The third kappa shape index (κ3) is 5.20. The van der Waals surface area contributed by atoms with Gasteiger partial charge in [-0.05, 0) is 36.6 Å². The standard InChI is InChI=1S/C17H27N3O3S2/c1-4-24-16-8-6-5-7-15(16)17(21)18-13-14-9-11-20(12-10-14)25(22,23)19(2)3/h5-8,14H,4,9-13H2,1-3H3,(H,18,21). The summed E-state index contributed by atoms with van der Waals surface area (Å²) in [6.45, 7) is 3.65. The summed E-state index contributed by atoms with van der Waals surface area (Å²) < 4.78 is 27.0. The van der Waals surface area contributed by atoms with Gasteiger partial charge in [0, 0.05) is 38.6 Å². The van der Waals surface area contributed by atoms with Crippen molar-refractivity contribution < 1.29 is 13.2 Å². The van der Waals surface area contributed by atoms with E-state index in [1.807, 2.05) is 24.3 Å². The van der Waals surface area contributed by atoms with Gasteiger partial charge in [-0.15, -0.1) is 11.8 Å². The molecule has 1 heterocycles. The molecule has 1 aromatic rings. The zero-order valence-corrected chi connectivity index (χ0v) is 16.7. The lowest BCUT2D eigenvalue weighted by Gasteiger charge is -2.32. The normalized spacial score (nSPS) is 17.0. The van der Waals surface area contributed by atoms with E-state index in [1.54, 1.807) is 25.9 Å². The second-order valence-corrected chi connectivity index (χ2v) is 9.72. The molecule has 140 valence electrons. The van der Waals surface area contributed by atoms with Gasteiger partial charge in [0.15, 0.2) is 0 Å². The average molecular weight is 386 g/mol. The van der Waals surface area contributed by atoms with E-state index in [2.05, 4.69) is 12.2 Å². The molecule has 0 aromatic heterocycles. The van der Waals surface area contributed by atoms with Crippen LogP contribution in [0.25, 0.3) is 0 Å². The lowest BCUT2D eigenvalue weighted by Crippen LogP contribution is -2.45. The van der Waals surface area contributed by atoms with Crippen molar-refractivity contribution in [3.63, 3.8) is 0 Å². The SMILES string of the molecule is CCSc1ccccc1C(=O)NCC1CCN(S(=O)(=O)N(C)C)CC1. The molecule has 1 saturated heterocycles. The Bertz CT molecular complexity index is 684. The minimum absolute atomic E-state index is 0.0557. The molecule has 1 amide bonds. The number of rotatable bonds is 7. The van der Waals surface area contributed by atoms with Gasteiger partial charge in [-0.1, -0.05) is 19.1 Å². The molecule has 0 bridgehead atoms. The van der Waals surface area contributed by atoms with Crippen LogP contribution in [0.5, 0.6) is 0 Å². The van der Waals surface area contributed by atoms with Gasteiger partial charge in [0.1, 0.15) is 0 Å². The molecule has 0 unspecified atom stereocenters. The molecule has 2 rings (SSSR count). The highest BCUT2D eigenvalue weighted by molar-refractivity contribution is 7.99. The van der Waals surface area contributed by atoms with Crippen LogP contribution in [-0.4, -0.2) is 62.4 Å². The van der Waals surface area contributed by atoms with Crippen molar-refractivity contribution in [1.82, 2.24) is 13.9 Å². The lowest BCUT2D eigenvalue weighted by atomic mass is 9.98. The molecular formula is C17H27N3O3S2. The number of nitrogens with zero attached hydrogens (tertiary/aromatic N) is 2. The van der Waals surface area contributed by atoms with E-state index in [4.69, 9.17) is 0 Å². The number of carbonyl (C=O) groups is 1. The Kier molecular flexibility index (Phi) is 7.30. The van der Waals surface area contributed by atoms with E-state index in [1.165, 1.54) is 8.61 Å². The minimum atomic E-state index is -3.33. The highest BCUT2D eigenvalue weighted by atomic mass is 32.2. The van der Waals surface area contributed by atoms with Crippen LogP contribution in [0.4, 0.5) is 0 Å². The molecule has 6 nitrogen and oxygen atoms in total. The van der Waals surface area contributed by atoms with E-state index in [9.17, 15) is 13.2 Å². The summed E-state index contributed by atoms with van der Waals surface area (Å²) in [5, 5.41) is 3.01. The number of benzene rings is 1. The van der Waals surface area contributed by atoms with E-state index in [-0.39, 0.29) is 5.91 Å². The maximum atomic E-state index is 12.5. The second kappa shape index (κ2) is 9.02. The topological polar surface area (TPSA) is 69.7 Å². The number of hydrogen-bond donors (Lipinski definition) is 1. The minimum Gasteiger partial charge on any atom is -0.352 e. The number of nitrogens with one attached hydrogen (secondary N) is 1. The Morgan fingerprint density at radius 1 is 1.28 bits per heavy atom. The van der Waals surface area contributed by atoms with E-state index in [0.717, 1.165) is 23.5 Å². The molecular weight excluding hydrogens is 358 g/mol. The Labute approximate surface area is 155 Å². The third-order valence-corrected chi connectivity index (χ3v) is 7.24. The molecule has 1 fully saturated rings. The highest BCUT2D eigenvalue weighted by Crippen LogP contribution is 2.23. The summed E-state index contributed by atoms with van der Waals surface area (Å²) in [7, 11) is -0.235. The van der Waals surface area contributed by atoms with Crippen molar-refractivity contribution in [2.24, 2.45) is 5.92 Å². The molecule has 0 atom stereocenters. The maximum absolute atomic E-state index is 12.5. The van der Waals surface area contributed by atoms with E-state index >= 15 is 0 Å². The summed E-state index contributed by atoms with van der Waals surface area (Å²) in [4.78, 5) is 13.5. The Balaban J connectivity index is 1.86. The molecule has 1 aromatic carbocycles. The van der Waals surface area contributed by atoms with E-state index in [0.29, 0.717) is 31.1 Å². The zero-order valence-electron chi connectivity index (χ0n) is 15.1. The van der Waals surface area contributed by atoms with Crippen molar-refractivity contribution in [3.8, 4) is 0 Å². The molecule has 1 aliphatic heterocycles. The van der Waals surface area contributed by atoms with Crippen LogP contribution < -0.4 is 5.32 Å². The fraction of sp³-hybridized carbons (Fsp3) is 0.588. The van der Waals surface area contributed by atoms with E-state index < -0.39 is 10.2 Å². The van der Waals surface area contributed by atoms with Gasteiger partial charge in [-0.3, -0.25) is 4.79 Å². The van der Waals surface area contributed by atoms with Crippen LogP contribution >= 0.6 is 11.8 Å². The molecule has 0 saturated carbocycles. The molecule has 8 heteroatoms. The maximum Gasteiger partial charge on any atom is 0.281 e. The fourth-order valence-corrected chi connectivity index (χ4v) is 4.78. The molecule has 0 aliphatic carbocycles. The van der Waals surface area contributed by atoms with Crippen molar-refractivity contribution in [2.75, 3.05) is 39.5 Å². The fourth-order valence-electron chi connectivity index (χ4n) is 2.84. The first-order valence-electron chi connectivity index (χ1n) is 8.54. The van der Waals surface area contributed by atoms with Gasteiger partial charge in [0.25, 0.3) is 16.1 Å². The smallest absolute Gasteiger partial charge is 0.281 e. The van der Waals surface area contributed by atoms with Gasteiger partial charge < -0.3 is 5.32 Å². The zero-order chi connectivity index (χ0) is 18.4. The Morgan fingerprint density at radius 2 is 1.92 bits per heavy atom. The predicted octanol–water partition coefficient (Wildman–Crippen LogP) is 2.05. The molecule has 1 N–H and O–H groups in total. The van der Waals surface area contributed by atoms with Gasteiger partial charge in [0.2, 0.25) is 0 Å². The van der Waals surface area contributed by atoms with Crippen molar-refractivity contribution >= 4 is 27.9 Å². The second-order valence-electron chi connectivity index (χ2n) is 6.27. The quantitative estimate of drug-likeness (QED) is 0.730. The number of piperidine rings is 1. The van der Waals surface area contributed by atoms with Gasteiger partial charge in [-0.2, -0.15) is 17.0 Å². The average Bonchev–Trinajstić information content (AvgIpc) is 2.60. The Hall–Kier alpha value is -1.09. The summed E-state index contributed by atoms with van der Waals surface area (Å²) in [6, 6.07) is 7.63. The lowest BCUT2D eigenvalue weighted by molar-refractivity contribution is 0.0938. The van der Waals surface area contributed by atoms with Gasteiger partial charge >= 0.3 is 0 Å². The van der Waals surface area contributed by atoms with Gasteiger partial charge in [0.05, 0.1) is 5.56 Å². The number of thioether (sulfide) groups is 1. The van der Waals surface area contributed by atoms with Crippen LogP contribution in [-0.2, 0) is 10.2 Å². The molecule has 0 radical (unpaired) electrons. The van der Waals surface area contributed by atoms with Crippen LogP contribution in [0.3, 0.4) is 0 Å². The summed E-state index contributed by atoms with van der Waals surface area (Å²) in [6.07, 6.45) is 1.53. The first kappa shape index (κ1) is 20.2. The summed E-state index contributed by atoms with van der Waals surface area (Å²) in [5.41, 5.74) is 0.710. The predicted molar refractivity (Wildman–Crippen MR) is 102 cm³/mol. The van der Waals surface area contributed by atoms with Crippen LogP contribution in [0.15, 0.2) is 29.2 Å². The molecule has 25 heavy (non-hydrogen) atoms.